The Morgan fingerprint density at radius 3 is 2.00 bits per heavy atom. The second kappa shape index (κ2) is 12.8. The van der Waals surface area contributed by atoms with Gasteiger partial charge < -0.3 is 9.63 Å². The third-order valence-electron chi connectivity index (χ3n) is 2.92. The summed E-state index contributed by atoms with van der Waals surface area (Å²) in [7, 11) is -0.323. The first-order valence-corrected chi connectivity index (χ1v) is 9.30. The molecule has 2 nitrogen and oxygen atoms in total. The van der Waals surface area contributed by atoms with E-state index in [9.17, 15) is 5.11 Å². The van der Waals surface area contributed by atoms with Crippen LogP contribution < -0.4 is 0 Å². The number of unbranched alkanes of at least 4 members (excludes halogenated alkanes) is 7. The molecule has 1 atom stereocenters. The molecule has 0 rings (SSSR count). The minimum atomic E-state index is -0.323. The first-order chi connectivity index (χ1) is 8.16. The Bertz CT molecular complexity index is 151. The zero-order chi connectivity index (χ0) is 12.9. The highest BCUT2D eigenvalue weighted by Gasteiger charge is 2.05. The summed E-state index contributed by atoms with van der Waals surface area (Å²) in [6, 6.07) is 0. The van der Waals surface area contributed by atoms with Crippen LogP contribution in [0.15, 0.2) is 0 Å². The van der Waals surface area contributed by atoms with Gasteiger partial charge in [0.2, 0.25) is 0 Å². The molecule has 0 saturated carbocycles. The summed E-state index contributed by atoms with van der Waals surface area (Å²) < 4.78 is 5.44. The van der Waals surface area contributed by atoms with Gasteiger partial charge in [0.05, 0.1) is 12.7 Å². The van der Waals surface area contributed by atoms with Gasteiger partial charge in [-0.05, 0) is 19.8 Å². The predicted molar refractivity (Wildman–Crippen MR) is 78.0 cm³/mol. The van der Waals surface area contributed by atoms with Gasteiger partial charge in [-0.15, -0.1) is 0 Å². The van der Waals surface area contributed by atoms with E-state index in [-0.39, 0.29) is 14.3 Å². The Labute approximate surface area is 109 Å². The number of aliphatic hydroxyl groups excluding tert-OH is 1. The largest absolute Gasteiger partial charge is 0.391 e. The van der Waals surface area contributed by atoms with E-state index in [0.717, 1.165) is 12.8 Å². The molecular formula is C14H31O2P. The average Bonchev–Trinajstić information content (AvgIpc) is 2.30. The molecule has 0 radical (unpaired) electrons. The van der Waals surface area contributed by atoms with Gasteiger partial charge in [0.15, 0.2) is 0 Å². The van der Waals surface area contributed by atoms with Gasteiger partial charge in [0.25, 0.3) is 0 Å². The molecule has 0 bridgehead atoms. The van der Waals surface area contributed by atoms with Crippen molar-refractivity contribution < 1.29 is 9.63 Å². The number of rotatable bonds is 12. The Morgan fingerprint density at radius 1 is 0.941 bits per heavy atom. The van der Waals surface area contributed by atoms with Crippen LogP contribution in [0.3, 0.4) is 0 Å². The molecule has 104 valence electrons. The van der Waals surface area contributed by atoms with Gasteiger partial charge in [-0.1, -0.05) is 58.3 Å². The van der Waals surface area contributed by atoms with Crippen LogP contribution in [-0.4, -0.2) is 31.1 Å². The molecule has 0 amide bonds. The molecule has 1 N–H and O–H groups in total. The van der Waals surface area contributed by atoms with Crippen LogP contribution in [-0.2, 0) is 4.52 Å². The van der Waals surface area contributed by atoms with Crippen molar-refractivity contribution in [3.63, 3.8) is 0 Å². The smallest absolute Gasteiger partial charge is 0.0777 e. The predicted octanol–water partition coefficient (Wildman–Crippen LogP) is 4.55. The highest BCUT2D eigenvalue weighted by molar-refractivity contribution is 7.50. The van der Waals surface area contributed by atoms with Gasteiger partial charge in [0.1, 0.15) is 0 Å². The SMILES string of the molecule is CCCCCCCCCCC(O)COP(C)C. The fourth-order valence-corrected chi connectivity index (χ4v) is 2.30. The molecule has 0 spiro atoms. The standard InChI is InChI=1S/C14H31O2P/c1-4-5-6-7-8-9-10-11-12-14(15)13-16-17(2)3/h14-15H,4-13H2,1-3H3. The van der Waals surface area contributed by atoms with Gasteiger partial charge in [-0.3, -0.25) is 0 Å². The molecule has 1 unspecified atom stereocenters. The van der Waals surface area contributed by atoms with Crippen molar-refractivity contribution in [2.45, 2.75) is 70.8 Å². The van der Waals surface area contributed by atoms with Gasteiger partial charge >= 0.3 is 0 Å². The maximum absolute atomic E-state index is 9.66. The van der Waals surface area contributed by atoms with E-state index in [1.807, 2.05) is 0 Å². The van der Waals surface area contributed by atoms with Gasteiger partial charge in [-0.25, -0.2) is 0 Å². The van der Waals surface area contributed by atoms with E-state index in [4.69, 9.17) is 4.52 Å². The Kier molecular flexibility index (Phi) is 13.1. The molecule has 0 aliphatic heterocycles. The minimum absolute atomic E-state index is 0.250. The fraction of sp³-hybridized carbons (Fsp3) is 1.00. The molecule has 0 aromatic carbocycles. The zero-order valence-corrected chi connectivity index (χ0v) is 12.8. The number of aliphatic hydroxyl groups is 1. The second-order valence-electron chi connectivity index (χ2n) is 5.03. The lowest BCUT2D eigenvalue weighted by molar-refractivity contribution is 0.104. The zero-order valence-electron chi connectivity index (χ0n) is 12.0. The molecular weight excluding hydrogens is 231 g/mol. The van der Waals surface area contributed by atoms with Crippen LogP contribution in [0, 0.1) is 0 Å². The van der Waals surface area contributed by atoms with Crippen LogP contribution in [0.4, 0.5) is 0 Å². The van der Waals surface area contributed by atoms with Crippen molar-refractivity contribution in [2.75, 3.05) is 19.9 Å². The van der Waals surface area contributed by atoms with E-state index in [2.05, 4.69) is 20.3 Å². The molecule has 0 aromatic rings. The van der Waals surface area contributed by atoms with Gasteiger partial charge in [-0.2, -0.15) is 0 Å². The molecule has 0 aliphatic rings. The lowest BCUT2D eigenvalue weighted by Gasteiger charge is -2.13. The third kappa shape index (κ3) is 14.3. The van der Waals surface area contributed by atoms with Crippen molar-refractivity contribution in [1.82, 2.24) is 0 Å². The normalized spacial score (nSPS) is 13.2. The summed E-state index contributed by atoms with van der Waals surface area (Å²) in [6.45, 7) is 6.91. The van der Waals surface area contributed by atoms with Crippen LogP contribution >= 0.6 is 8.15 Å². The summed E-state index contributed by atoms with van der Waals surface area (Å²) >= 11 is 0. The molecule has 0 saturated heterocycles. The summed E-state index contributed by atoms with van der Waals surface area (Å²) in [6.07, 6.45) is 11.2. The third-order valence-corrected chi connectivity index (χ3v) is 3.58. The van der Waals surface area contributed by atoms with E-state index < -0.39 is 0 Å². The minimum Gasteiger partial charge on any atom is -0.391 e. The lowest BCUT2D eigenvalue weighted by Crippen LogP contribution is -2.13. The number of hydrogen-bond donors (Lipinski definition) is 1. The van der Waals surface area contributed by atoms with Crippen molar-refractivity contribution in [1.29, 1.82) is 0 Å². The summed E-state index contributed by atoms with van der Waals surface area (Å²) in [5.74, 6) is 0. The fourth-order valence-electron chi connectivity index (χ4n) is 1.83. The van der Waals surface area contributed by atoms with Gasteiger partial charge in [0, 0.05) is 8.15 Å². The molecule has 0 aromatic heterocycles. The second-order valence-corrected chi connectivity index (χ2v) is 6.91. The molecule has 0 heterocycles. The summed E-state index contributed by atoms with van der Waals surface area (Å²) in [4.78, 5) is 0. The average molecular weight is 262 g/mol. The maximum Gasteiger partial charge on any atom is 0.0777 e. The van der Waals surface area contributed by atoms with Crippen molar-refractivity contribution in [2.24, 2.45) is 0 Å². The Hall–Kier alpha value is 0.350. The lowest BCUT2D eigenvalue weighted by atomic mass is 10.1. The molecule has 0 aliphatic carbocycles. The van der Waals surface area contributed by atoms with Crippen LogP contribution in [0.1, 0.15) is 64.7 Å². The number of hydrogen-bond acceptors (Lipinski definition) is 2. The topological polar surface area (TPSA) is 29.5 Å². The first kappa shape index (κ1) is 17.4. The van der Waals surface area contributed by atoms with Crippen LogP contribution in [0.2, 0.25) is 0 Å². The molecule has 3 heteroatoms. The van der Waals surface area contributed by atoms with E-state index >= 15 is 0 Å². The monoisotopic (exact) mass is 262 g/mol. The van der Waals surface area contributed by atoms with E-state index in [1.165, 1.54) is 44.9 Å². The molecule has 0 fully saturated rings. The van der Waals surface area contributed by atoms with Crippen molar-refractivity contribution in [3.8, 4) is 0 Å². The quantitative estimate of drug-likeness (QED) is 0.413. The molecule has 17 heavy (non-hydrogen) atoms. The highest BCUT2D eigenvalue weighted by atomic mass is 31.1. The summed E-state index contributed by atoms with van der Waals surface area (Å²) in [5, 5.41) is 9.66. The first-order valence-electron chi connectivity index (χ1n) is 7.15. The van der Waals surface area contributed by atoms with Crippen molar-refractivity contribution >= 4 is 8.15 Å². The van der Waals surface area contributed by atoms with Crippen LogP contribution in [0.25, 0.3) is 0 Å². The Balaban J connectivity index is 3.11. The van der Waals surface area contributed by atoms with Crippen LogP contribution in [0.5, 0.6) is 0 Å². The maximum atomic E-state index is 9.66. The van der Waals surface area contributed by atoms with E-state index in [1.54, 1.807) is 0 Å². The Morgan fingerprint density at radius 2 is 1.47 bits per heavy atom. The summed E-state index contributed by atoms with van der Waals surface area (Å²) in [5.41, 5.74) is 0. The van der Waals surface area contributed by atoms with Crippen molar-refractivity contribution in [3.05, 3.63) is 0 Å². The highest BCUT2D eigenvalue weighted by Crippen LogP contribution is 2.26. The van der Waals surface area contributed by atoms with E-state index in [0.29, 0.717) is 6.61 Å².